The molecule has 0 radical (unpaired) electrons. The molecule has 0 rings (SSSR count). The first-order chi connectivity index (χ1) is 23.3. The molecule has 0 aliphatic rings. The zero-order valence-electron chi connectivity index (χ0n) is 26.5. The molecule has 0 aromatic carbocycles. The minimum absolute atomic E-state index is 0.252. The summed E-state index contributed by atoms with van der Waals surface area (Å²) in [5.74, 6) is -94.9. The Labute approximate surface area is 290 Å². The second-order valence-electron chi connectivity index (χ2n) is 12.0. The van der Waals surface area contributed by atoms with Gasteiger partial charge in [-0.15, -0.1) is 0 Å². The Morgan fingerprint density at radius 2 is 0.709 bits per heavy atom. The smallest absolute Gasteiger partial charge is 0.328 e. The van der Waals surface area contributed by atoms with E-state index in [2.05, 4.69) is 0 Å². The summed E-state index contributed by atoms with van der Waals surface area (Å²) in [6, 6.07) is 0. The van der Waals surface area contributed by atoms with Gasteiger partial charge in [-0.1, -0.05) is 0 Å². The summed E-state index contributed by atoms with van der Waals surface area (Å²) in [5, 5.41) is -8.00. The van der Waals surface area contributed by atoms with Crippen LogP contribution in [-0.2, 0) is 20.1 Å². The van der Waals surface area contributed by atoms with E-state index in [4.69, 9.17) is 4.55 Å². The monoisotopic (exact) mass is 921 g/mol. The van der Waals surface area contributed by atoms with Gasteiger partial charge in [-0.3, -0.25) is 4.55 Å². The predicted molar refractivity (Wildman–Crippen MR) is 130 cm³/mol. The second-order valence-corrected chi connectivity index (χ2v) is 15.6. The van der Waals surface area contributed by atoms with Crippen LogP contribution in [-0.4, -0.2) is 147 Å². The molecule has 0 spiro atoms. The van der Waals surface area contributed by atoms with Gasteiger partial charge < -0.3 is 4.48 Å². The maximum atomic E-state index is 14.5. The van der Waals surface area contributed by atoms with Gasteiger partial charge in [0.1, 0.15) is 0 Å². The lowest BCUT2D eigenvalue weighted by Gasteiger charge is -2.45. The molecule has 0 amide bonds. The van der Waals surface area contributed by atoms with Gasteiger partial charge in [0.05, 0.1) is 32.9 Å². The van der Waals surface area contributed by atoms with E-state index in [1.54, 1.807) is 0 Å². The van der Waals surface area contributed by atoms with Crippen molar-refractivity contribution >= 4 is 20.1 Å². The third kappa shape index (κ3) is 8.07. The Morgan fingerprint density at radius 1 is 0.455 bits per heavy atom. The van der Waals surface area contributed by atoms with Gasteiger partial charge in [0.25, 0.3) is 20.1 Å². The molecule has 0 aromatic rings. The van der Waals surface area contributed by atoms with Crippen LogP contribution in [0.2, 0.25) is 0 Å². The van der Waals surface area contributed by atoms with Crippen LogP contribution >= 0.6 is 0 Å². The van der Waals surface area contributed by atoms with Crippen molar-refractivity contribution in [2.24, 2.45) is 0 Å². The minimum Gasteiger partial charge on any atom is -0.328 e. The third-order valence-electron chi connectivity index (χ3n) is 7.41. The molecule has 0 fully saturated rings. The Hall–Kier alpha value is -1.97. The lowest BCUT2D eigenvalue weighted by atomic mass is 9.85. The second kappa shape index (κ2) is 14.4. The molecular formula is C21H22F25N2O5S2+. The highest BCUT2D eigenvalue weighted by Gasteiger charge is 3.00. The molecule has 0 aromatic heterocycles. The quantitative estimate of drug-likeness (QED) is 0.0777. The molecule has 0 saturated heterocycles. The summed E-state index contributed by atoms with van der Waals surface area (Å²) in [7, 11) is -10.2. The van der Waals surface area contributed by atoms with E-state index < -0.39 is 125 Å². The average molecular weight is 922 g/mol. The highest BCUT2D eigenvalue weighted by atomic mass is 32.2. The SMILES string of the molecule is CN(CCC[N+](C)(C)CCCS(=O)(=O)O)S(=O)(=O)C(F)(F)C(F)(F)C(F)(F)C(F)(F)C(F)(F)C(F)(F)C(F)(F)C(F)(F)C(F)(F)C(F)(F)C(F)(F)C(F)(F)F. The Balaban J connectivity index is 7.00. The van der Waals surface area contributed by atoms with Crippen molar-refractivity contribution in [3.05, 3.63) is 0 Å². The van der Waals surface area contributed by atoms with E-state index in [9.17, 15) is 127 Å². The van der Waals surface area contributed by atoms with Crippen molar-refractivity contribution in [2.45, 2.75) is 83.5 Å². The standard InChI is InChI=1S/C21H21F25N2O5S2/c1-47(6-4-7-48(2,3)8-5-9-54(49,50)51)55(52,53)21(45,46)19(40,41)17(36,37)15(32,33)13(28,29)11(24,25)10(22,23)12(26,27)14(30,31)16(34,35)18(38,39)20(42,43)44/h4-9H2,1-3H3/p+1. The van der Waals surface area contributed by atoms with Crippen molar-refractivity contribution in [3.63, 3.8) is 0 Å². The lowest BCUT2D eigenvalue weighted by Crippen LogP contribution is -2.78. The molecule has 1 N–H and O–H groups in total. The highest BCUT2D eigenvalue weighted by Crippen LogP contribution is 2.68. The fourth-order valence-corrected chi connectivity index (χ4v) is 5.63. The topological polar surface area (TPSA) is 91.8 Å². The first kappa shape index (κ1) is 53.0. The third-order valence-corrected chi connectivity index (χ3v) is 10.1. The van der Waals surface area contributed by atoms with Crippen molar-refractivity contribution in [1.29, 1.82) is 0 Å². The predicted octanol–water partition coefficient (Wildman–Crippen LogP) is 7.50. The molecule has 0 aliphatic heterocycles. The normalized spacial score (nSPS) is 16.6. The van der Waals surface area contributed by atoms with Crippen molar-refractivity contribution < 1.29 is 136 Å². The summed E-state index contributed by atoms with van der Waals surface area (Å²) in [6.45, 7) is -2.38. The van der Waals surface area contributed by atoms with Crippen molar-refractivity contribution in [3.8, 4) is 0 Å². The zero-order valence-corrected chi connectivity index (χ0v) is 28.1. The summed E-state index contributed by atoms with van der Waals surface area (Å²) < 4.78 is 394. The first-order valence-electron chi connectivity index (χ1n) is 13.3. The number of hydrogen-bond donors (Lipinski definition) is 1. The summed E-state index contributed by atoms with van der Waals surface area (Å²) >= 11 is 0. The molecule has 0 aliphatic carbocycles. The largest absolute Gasteiger partial charge is 0.460 e. The van der Waals surface area contributed by atoms with Gasteiger partial charge in [0, 0.05) is 26.4 Å². The van der Waals surface area contributed by atoms with E-state index in [1.807, 2.05) is 0 Å². The molecule has 34 heteroatoms. The first-order valence-corrected chi connectivity index (χ1v) is 16.3. The Kier molecular flexibility index (Phi) is 13.9. The maximum Gasteiger partial charge on any atom is 0.460 e. The van der Waals surface area contributed by atoms with E-state index >= 15 is 0 Å². The van der Waals surface area contributed by atoms with Gasteiger partial charge in [0.2, 0.25) is 0 Å². The number of nitrogens with zero attached hydrogens (tertiary/aromatic N) is 2. The van der Waals surface area contributed by atoms with Crippen molar-refractivity contribution in [1.82, 2.24) is 4.31 Å². The number of rotatable bonds is 20. The molecule has 332 valence electrons. The van der Waals surface area contributed by atoms with Gasteiger partial charge in [-0.05, 0) is 0 Å². The van der Waals surface area contributed by atoms with Crippen LogP contribution in [0, 0.1) is 0 Å². The lowest BCUT2D eigenvalue weighted by molar-refractivity contribution is -0.890. The number of halogens is 25. The van der Waals surface area contributed by atoms with Gasteiger partial charge in [0.15, 0.2) is 0 Å². The van der Waals surface area contributed by atoms with Crippen LogP contribution in [0.4, 0.5) is 110 Å². The van der Waals surface area contributed by atoms with Crippen LogP contribution in [0.5, 0.6) is 0 Å². The number of sulfonamides is 1. The maximum absolute atomic E-state index is 14.5. The number of alkyl halides is 25. The Morgan fingerprint density at radius 3 is 0.982 bits per heavy atom. The van der Waals surface area contributed by atoms with E-state index in [1.165, 1.54) is 14.1 Å². The molecule has 0 unspecified atom stereocenters. The van der Waals surface area contributed by atoms with Crippen LogP contribution in [0.3, 0.4) is 0 Å². The van der Waals surface area contributed by atoms with Crippen LogP contribution in [0.15, 0.2) is 0 Å². The molecule has 0 bridgehead atoms. The van der Waals surface area contributed by atoms with Gasteiger partial charge in [-0.2, -0.15) is 122 Å². The minimum atomic E-state index is -9.78. The van der Waals surface area contributed by atoms with Gasteiger partial charge >= 0.3 is 70.7 Å². The summed E-state index contributed by atoms with van der Waals surface area (Å²) in [6.07, 6.45) is -9.50. The number of quaternary nitrogens is 1. The summed E-state index contributed by atoms with van der Waals surface area (Å²) in [5.41, 5.74) is 0. The molecule has 0 saturated carbocycles. The van der Waals surface area contributed by atoms with Gasteiger partial charge in [-0.25, -0.2) is 8.42 Å². The average Bonchev–Trinajstić information content (AvgIpc) is 2.94. The molecule has 0 atom stereocenters. The van der Waals surface area contributed by atoms with Crippen LogP contribution < -0.4 is 0 Å². The Bertz CT molecular complexity index is 1590. The van der Waals surface area contributed by atoms with Crippen LogP contribution in [0.1, 0.15) is 12.8 Å². The molecular weight excluding hydrogens is 899 g/mol. The van der Waals surface area contributed by atoms with Crippen LogP contribution in [0.25, 0.3) is 0 Å². The van der Waals surface area contributed by atoms with E-state index in [-0.39, 0.29) is 20.0 Å². The molecule has 55 heavy (non-hydrogen) atoms. The van der Waals surface area contributed by atoms with E-state index in [0.29, 0.717) is 0 Å². The van der Waals surface area contributed by atoms with E-state index in [0.717, 1.165) is 0 Å². The van der Waals surface area contributed by atoms with Crippen molar-refractivity contribution in [2.75, 3.05) is 46.5 Å². The zero-order chi connectivity index (χ0) is 45.3. The fraction of sp³-hybridized carbons (Fsp3) is 1.00. The fourth-order valence-electron chi connectivity index (χ4n) is 3.92. The molecule has 0 heterocycles. The molecule has 7 nitrogen and oxygen atoms in total. The highest BCUT2D eigenvalue weighted by molar-refractivity contribution is 7.90. The number of hydrogen-bond acceptors (Lipinski definition) is 4. The summed E-state index contributed by atoms with van der Waals surface area (Å²) in [4.78, 5) is 0.